The number of halogens is 2. The van der Waals surface area contributed by atoms with E-state index in [2.05, 4.69) is 13.0 Å². The van der Waals surface area contributed by atoms with Crippen LogP contribution in [0.1, 0.15) is 50.0 Å². The Morgan fingerprint density at radius 3 is 2.84 bits per heavy atom. The summed E-state index contributed by atoms with van der Waals surface area (Å²) in [6, 6.07) is 4.34. The summed E-state index contributed by atoms with van der Waals surface area (Å²) in [5.74, 6) is -0.510. The predicted molar refractivity (Wildman–Crippen MR) is 74.8 cm³/mol. The molecule has 2 rings (SSSR count). The van der Waals surface area contributed by atoms with Crippen molar-refractivity contribution in [2.75, 3.05) is 0 Å². The van der Waals surface area contributed by atoms with Gasteiger partial charge in [0.05, 0.1) is 0 Å². The van der Waals surface area contributed by atoms with Gasteiger partial charge < -0.3 is 0 Å². The third-order valence-corrected chi connectivity index (χ3v) is 4.00. The van der Waals surface area contributed by atoms with Crippen LogP contribution >= 0.6 is 0 Å². The van der Waals surface area contributed by atoms with E-state index < -0.39 is 11.6 Å². The van der Waals surface area contributed by atoms with E-state index in [9.17, 15) is 8.78 Å². The van der Waals surface area contributed by atoms with Crippen molar-refractivity contribution in [2.24, 2.45) is 5.92 Å². The van der Waals surface area contributed by atoms with Gasteiger partial charge in [-0.05, 0) is 74.5 Å². The molecule has 19 heavy (non-hydrogen) atoms. The molecule has 0 nitrogen and oxygen atoms in total. The van der Waals surface area contributed by atoms with Crippen molar-refractivity contribution in [1.29, 1.82) is 0 Å². The first kappa shape index (κ1) is 14.2. The maximum atomic E-state index is 13.3. The van der Waals surface area contributed by atoms with Gasteiger partial charge in [0.25, 0.3) is 0 Å². The molecule has 1 saturated carbocycles. The maximum absolute atomic E-state index is 13.3. The van der Waals surface area contributed by atoms with Gasteiger partial charge in [-0.15, -0.1) is 6.58 Å². The molecule has 0 saturated heterocycles. The lowest BCUT2D eigenvalue weighted by atomic mass is 9.76. The van der Waals surface area contributed by atoms with Crippen molar-refractivity contribution in [1.82, 2.24) is 0 Å². The van der Waals surface area contributed by atoms with E-state index in [1.165, 1.54) is 18.6 Å². The Labute approximate surface area is 114 Å². The fourth-order valence-corrected chi connectivity index (χ4v) is 2.94. The molecule has 2 unspecified atom stereocenters. The molecule has 0 bridgehead atoms. The molecule has 0 spiro atoms. The van der Waals surface area contributed by atoms with Gasteiger partial charge in [-0.25, -0.2) is 8.78 Å². The number of allylic oxidation sites excluding steroid dienone is 1. The summed E-state index contributed by atoms with van der Waals surface area (Å²) >= 11 is 0. The molecule has 1 aliphatic carbocycles. The largest absolute Gasteiger partial charge is 0.204 e. The highest BCUT2D eigenvalue weighted by Gasteiger charge is 2.23. The molecule has 2 heteroatoms. The molecular weight excluding hydrogens is 242 g/mol. The minimum Gasteiger partial charge on any atom is -0.204 e. The average Bonchev–Trinajstić information content (AvgIpc) is 2.43. The third-order valence-electron chi connectivity index (χ3n) is 4.00. The molecule has 0 amide bonds. The quantitative estimate of drug-likeness (QED) is 0.492. The topological polar surface area (TPSA) is 0 Å². The van der Waals surface area contributed by atoms with E-state index in [4.69, 9.17) is 0 Å². The standard InChI is InChI=1S/C17H21F2/c1-2-3-4-6-13-7-5-8-14(11-13)15-9-10-16(18)17(19)12-15/h2,7,9-10,12-14H,1,3-6,8,11H2. The lowest BCUT2D eigenvalue weighted by Crippen LogP contribution is -2.15. The number of unbranched alkanes of at least 4 members (excludes halogenated alkanes) is 1. The molecule has 1 radical (unpaired) electrons. The zero-order valence-corrected chi connectivity index (χ0v) is 11.2. The van der Waals surface area contributed by atoms with Crippen LogP contribution in [0.5, 0.6) is 0 Å². The van der Waals surface area contributed by atoms with Crippen LogP contribution in [0.3, 0.4) is 0 Å². The predicted octanol–water partition coefficient (Wildman–Crippen LogP) is 5.41. The van der Waals surface area contributed by atoms with Gasteiger partial charge in [0.2, 0.25) is 0 Å². The van der Waals surface area contributed by atoms with E-state index in [1.54, 1.807) is 6.07 Å². The summed E-state index contributed by atoms with van der Waals surface area (Å²) in [5, 5.41) is 0. The van der Waals surface area contributed by atoms with Gasteiger partial charge in [0.1, 0.15) is 0 Å². The zero-order valence-electron chi connectivity index (χ0n) is 11.2. The van der Waals surface area contributed by atoms with Crippen molar-refractivity contribution in [3.63, 3.8) is 0 Å². The molecule has 0 N–H and O–H groups in total. The molecule has 1 aromatic carbocycles. The van der Waals surface area contributed by atoms with Crippen LogP contribution in [0.2, 0.25) is 0 Å². The van der Waals surface area contributed by atoms with Crippen LogP contribution in [0, 0.1) is 24.0 Å². The molecule has 1 aromatic rings. The lowest BCUT2D eigenvalue weighted by molar-refractivity contribution is 0.371. The van der Waals surface area contributed by atoms with Gasteiger partial charge in [-0.2, -0.15) is 0 Å². The second-order valence-electron chi connectivity index (χ2n) is 5.40. The van der Waals surface area contributed by atoms with Gasteiger partial charge in [0.15, 0.2) is 11.6 Å². The highest BCUT2D eigenvalue weighted by molar-refractivity contribution is 5.22. The summed E-state index contributed by atoms with van der Waals surface area (Å²) in [5.41, 5.74) is 0.945. The normalized spacial score (nSPS) is 23.3. The van der Waals surface area contributed by atoms with Crippen molar-refractivity contribution in [2.45, 2.75) is 44.4 Å². The summed E-state index contributed by atoms with van der Waals surface area (Å²) < 4.78 is 26.2. The first-order valence-corrected chi connectivity index (χ1v) is 7.10. The fraction of sp³-hybridized carbons (Fsp3) is 0.471. The Morgan fingerprint density at radius 2 is 2.11 bits per heavy atom. The minimum atomic E-state index is -0.756. The highest BCUT2D eigenvalue weighted by atomic mass is 19.2. The monoisotopic (exact) mass is 263 g/mol. The SMILES string of the molecule is C=CCCCC1[CH]CCC(c2ccc(F)c(F)c2)C1. The Morgan fingerprint density at radius 1 is 1.26 bits per heavy atom. The van der Waals surface area contributed by atoms with Crippen molar-refractivity contribution < 1.29 is 8.78 Å². The van der Waals surface area contributed by atoms with E-state index in [-0.39, 0.29) is 0 Å². The van der Waals surface area contributed by atoms with Crippen LogP contribution in [-0.4, -0.2) is 0 Å². The van der Waals surface area contributed by atoms with Crippen LogP contribution < -0.4 is 0 Å². The van der Waals surface area contributed by atoms with Crippen molar-refractivity contribution in [3.8, 4) is 0 Å². The average molecular weight is 263 g/mol. The van der Waals surface area contributed by atoms with E-state index in [0.29, 0.717) is 11.8 Å². The van der Waals surface area contributed by atoms with Crippen LogP contribution in [0.15, 0.2) is 30.9 Å². The third kappa shape index (κ3) is 3.89. The second-order valence-corrected chi connectivity index (χ2v) is 5.40. The van der Waals surface area contributed by atoms with E-state index in [0.717, 1.165) is 37.7 Å². The van der Waals surface area contributed by atoms with Crippen LogP contribution in [-0.2, 0) is 0 Å². The summed E-state index contributed by atoms with van der Waals surface area (Å²) in [6.07, 6.45) is 10.9. The Balaban J connectivity index is 1.96. The molecule has 2 atom stereocenters. The van der Waals surface area contributed by atoms with E-state index >= 15 is 0 Å². The summed E-state index contributed by atoms with van der Waals surface area (Å²) in [7, 11) is 0. The Hall–Kier alpha value is -1.18. The number of rotatable bonds is 5. The Bertz CT molecular complexity index is 425. The van der Waals surface area contributed by atoms with E-state index in [1.807, 2.05) is 6.08 Å². The zero-order chi connectivity index (χ0) is 13.7. The number of hydrogen-bond acceptors (Lipinski definition) is 0. The number of benzene rings is 1. The molecule has 103 valence electrons. The Kier molecular flexibility index (Phi) is 5.12. The molecule has 0 heterocycles. The minimum absolute atomic E-state index is 0.369. The summed E-state index contributed by atoms with van der Waals surface area (Å²) in [4.78, 5) is 0. The molecule has 1 fully saturated rings. The van der Waals surface area contributed by atoms with Gasteiger partial charge in [0, 0.05) is 0 Å². The second kappa shape index (κ2) is 6.83. The molecule has 0 aliphatic heterocycles. The molecule has 1 aliphatic rings. The fourth-order valence-electron chi connectivity index (χ4n) is 2.94. The number of hydrogen-bond donors (Lipinski definition) is 0. The smallest absolute Gasteiger partial charge is 0.159 e. The highest BCUT2D eigenvalue weighted by Crippen LogP contribution is 2.38. The van der Waals surface area contributed by atoms with Crippen LogP contribution in [0.4, 0.5) is 8.78 Å². The first-order chi connectivity index (χ1) is 9.20. The molecular formula is C17H21F2. The van der Waals surface area contributed by atoms with Gasteiger partial charge in [-0.1, -0.05) is 12.1 Å². The van der Waals surface area contributed by atoms with Gasteiger partial charge in [-0.3, -0.25) is 0 Å². The first-order valence-electron chi connectivity index (χ1n) is 7.10. The maximum Gasteiger partial charge on any atom is 0.159 e. The van der Waals surface area contributed by atoms with Crippen molar-refractivity contribution >= 4 is 0 Å². The van der Waals surface area contributed by atoms with Crippen molar-refractivity contribution in [3.05, 3.63) is 54.5 Å². The van der Waals surface area contributed by atoms with Crippen LogP contribution in [0.25, 0.3) is 0 Å². The molecule has 0 aromatic heterocycles. The summed E-state index contributed by atoms with van der Waals surface area (Å²) in [6.45, 7) is 3.74. The lowest BCUT2D eigenvalue weighted by Gasteiger charge is -2.29. The van der Waals surface area contributed by atoms with Gasteiger partial charge >= 0.3 is 0 Å².